The minimum atomic E-state index is -0.0852. The number of hydrogen-bond donors (Lipinski definition) is 2. The molecule has 1 aromatic carbocycles. The Morgan fingerprint density at radius 1 is 1.38 bits per heavy atom. The van der Waals surface area contributed by atoms with Crippen LogP contribution in [0.4, 0.5) is 0 Å². The number of H-pyrrole nitrogens is 1. The molecular weight excluding hydrogens is 262 g/mol. The second-order valence-corrected chi connectivity index (χ2v) is 5.98. The number of nitrogens with zero attached hydrogens (tertiary/aromatic N) is 1. The Kier molecular flexibility index (Phi) is 3.78. The third-order valence-electron chi connectivity index (χ3n) is 4.25. The van der Waals surface area contributed by atoms with Gasteiger partial charge in [-0.15, -0.1) is 0 Å². The number of carbonyl (C=O) groups is 1. The van der Waals surface area contributed by atoms with Crippen LogP contribution in [0, 0.1) is 5.92 Å². The zero-order valence-electron chi connectivity index (χ0n) is 12.5. The van der Waals surface area contributed by atoms with Crippen LogP contribution in [0.2, 0.25) is 0 Å². The number of nitrogens with one attached hydrogen (secondary N) is 2. The number of aryl methyl sites for hydroxylation is 1. The number of fused-ring (bicyclic) bond motifs is 1. The van der Waals surface area contributed by atoms with Crippen molar-refractivity contribution in [3.63, 3.8) is 0 Å². The van der Waals surface area contributed by atoms with Gasteiger partial charge in [-0.3, -0.25) is 9.89 Å². The fourth-order valence-electron chi connectivity index (χ4n) is 2.95. The van der Waals surface area contributed by atoms with Crippen molar-refractivity contribution in [2.24, 2.45) is 5.92 Å². The lowest BCUT2D eigenvalue weighted by molar-refractivity contribution is 0.0933. The second kappa shape index (κ2) is 5.72. The van der Waals surface area contributed by atoms with Crippen molar-refractivity contribution in [1.29, 1.82) is 0 Å². The molecule has 4 heteroatoms. The van der Waals surface area contributed by atoms with Crippen LogP contribution >= 0.6 is 0 Å². The average molecular weight is 283 g/mol. The molecular formula is C17H21N3O. The van der Waals surface area contributed by atoms with E-state index in [0.717, 1.165) is 36.1 Å². The van der Waals surface area contributed by atoms with Gasteiger partial charge < -0.3 is 5.32 Å². The third kappa shape index (κ3) is 2.84. The highest BCUT2D eigenvalue weighted by atomic mass is 16.2. The van der Waals surface area contributed by atoms with Crippen LogP contribution in [0.1, 0.15) is 53.6 Å². The predicted molar refractivity (Wildman–Crippen MR) is 82.1 cm³/mol. The normalized spacial score (nSPS) is 18.9. The van der Waals surface area contributed by atoms with Crippen molar-refractivity contribution in [2.75, 3.05) is 0 Å². The summed E-state index contributed by atoms with van der Waals surface area (Å²) in [6, 6.07) is 9.96. The summed E-state index contributed by atoms with van der Waals surface area (Å²) >= 11 is 0. The van der Waals surface area contributed by atoms with Gasteiger partial charge in [-0.1, -0.05) is 37.3 Å². The fraction of sp³-hybridized carbons (Fsp3) is 0.412. The molecule has 0 radical (unpaired) electrons. The Hall–Kier alpha value is -2.10. The molecule has 0 bridgehead atoms. The maximum Gasteiger partial charge on any atom is 0.272 e. The van der Waals surface area contributed by atoms with Crippen LogP contribution in [0.5, 0.6) is 0 Å². The van der Waals surface area contributed by atoms with Gasteiger partial charge >= 0.3 is 0 Å². The van der Waals surface area contributed by atoms with E-state index in [2.05, 4.69) is 22.4 Å². The van der Waals surface area contributed by atoms with E-state index >= 15 is 0 Å². The number of benzene rings is 1. The average Bonchev–Trinajstić information content (AvgIpc) is 2.91. The first-order valence-corrected chi connectivity index (χ1v) is 7.57. The van der Waals surface area contributed by atoms with Gasteiger partial charge in [0.25, 0.3) is 5.91 Å². The van der Waals surface area contributed by atoms with Crippen molar-refractivity contribution in [3.05, 3.63) is 52.8 Å². The zero-order chi connectivity index (χ0) is 14.8. The van der Waals surface area contributed by atoms with Crippen molar-refractivity contribution in [3.8, 4) is 0 Å². The number of aromatic amines is 1. The molecule has 0 spiro atoms. The van der Waals surface area contributed by atoms with Crippen molar-refractivity contribution < 1.29 is 4.79 Å². The lowest BCUT2D eigenvalue weighted by atomic mass is 9.87. The number of carbonyl (C=O) groups excluding carboxylic acids is 1. The fourth-order valence-corrected chi connectivity index (χ4v) is 2.95. The lowest BCUT2D eigenvalue weighted by Crippen LogP contribution is -2.28. The SMILES string of the molecule is C[C@@H]1CCc2[nH]nc(C(=O)N[C@H](C)c3ccccc3)c2C1. The Morgan fingerprint density at radius 2 is 2.14 bits per heavy atom. The first kappa shape index (κ1) is 13.9. The van der Waals surface area contributed by atoms with Gasteiger partial charge in [-0.2, -0.15) is 5.10 Å². The molecule has 21 heavy (non-hydrogen) atoms. The van der Waals surface area contributed by atoms with Crippen molar-refractivity contribution >= 4 is 5.91 Å². The second-order valence-electron chi connectivity index (χ2n) is 5.98. The summed E-state index contributed by atoms with van der Waals surface area (Å²) in [6.07, 6.45) is 3.09. The smallest absolute Gasteiger partial charge is 0.272 e. The predicted octanol–water partition coefficient (Wildman–Crippen LogP) is 3.03. The molecule has 2 N–H and O–H groups in total. The van der Waals surface area contributed by atoms with E-state index in [-0.39, 0.29) is 11.9 Å². The Labute approximate surface area is 125 Å². The van der Waals surface area contributed by atoms with E-state index in [0.29, 0.717) is 11.6 Å². The molecule has 4 nitrogen and oxygen atoms in total. The van der Waals surface area contributed by atoms with Crippen LogP contribution < -0.4 is 5.32 Å². The van der Waals surface area contributed by atoms with Crippen LogP contribution in [0.3, 0.4) is 0 Å². The van der Waals surface area contributed by atoms with Crippen molar-refractivity contribution in [1.82, 2.24) is 15.5 Å². The van der Waals surface area contributed by atoms with Crippen LogP contribution in [0.25, 0.3) is 0 Å². The molecule has 0 saturated carbocycles. The van der Waals surface area contributed by atoms with Crippen LogP contribution in [0.15, 0.2) is 30.3 Å². The molecule has 110 valence electrons. The molecule has 3 rings (SSSR count). The van der Waals surface area contributed by atoms with E-state index in [9.17, 15) is 4.79 Å². The zero-order valence-corrected chi connectivity index (χ0v) is 12.5. The van der Waals surface area contributed by atoms with Gasteiger partial charge in [0.2, 0.25) is 0 Å². The summed E-state index contributed by atoms with van der Waals surface area (Å²) in [5.74, 6) is 0.533. The van der Waals surface area contributed by atoms with E-state index in [4.69, 9.17) is 0 Å². The summed E-state index contributed by atoms with van der Waals surface area (Å²) < 4.78 is 0. The van der Waals surface area contributed by atoms with E-state index in [1.165, 1.54) is 0 Å². The summed E-state index contributed by atoms with van der Waals surface area (Å²) in [4.78, 5) is 12.5. The molecule has 2 atom stereocenters. The largest absolute Gasteiger partial charge is 0.344 e. The molecule has 0 aliphatic heterocycles. The van der Waals surface area contributed by atoms with E-state index in [1.807, 2.05) is 37.3 Å². The highest BCUT2D eigenvalue weighted by molar-refractivity contribution is 5.94. The maximum atomic E-state index is 12.5. The van der Waals surface area contributed by atoms with E-state index < -0.39 is 0 Å². The highest BCUT2D eigenvalue weighted by Crippen LogP contribution is 2.26. The molecule has 1 amide bonds. The van der Waals surface area contributed by atoms with Crippen molar-refractivity contribution in [2.45, 2.75) is 39.2 Å². The quantitative estimate of drug-likeness (QED) is 0.909. The molecule has 1 aliphatic rings. The Balaban J connectivity index is 1.76. The van der Waals surface area contributed by atoms with Gasteiger partial charge in [-0.25, -0.2) is 0 Å². The first-order valence-electron chi connectivity index (χ1n) is 7.57. The lowest BCUT2D eigenvalue weighted by Gasteiger charge is -2.19. The number of hydrogen-bond acceptors (Lipinski definition) is 2. The van der Waals surface area contributed by atoms with Crippen LogP contribution in [-0.4, -0.2) is 16.1 Å². The van der Waals surface area contributed by atoms with Gasteiger partial charge in [0.15, 0.2) is 5.69 Å². The summed E-state index contributed by atoms with van der Waals surface area (Å²) in [6.45, 7) is 4.22. The topological polar surface area (TPSA) is 57.8 Å². The summed E-state index contributed by atoms with van der Waals surface area (Å²) in [5.41, 5.74) is 3.90. The minimum absolute atomic E-state index is 0.0212. The molecule has 1 aromatic heterocycles. The minimum Gasteiger partial charge on any atom is -0.344 e. The molecule has 0 unspecified atom stereocenters. The van der Waals surface area contributed by atoms with Gasteiger partial charge in [0.1, 0.15) is 0 Å². The number of amides is 1. The van der Waals surface area contributed by atoms with Gasteiger partial charge in [-0.05, 0) is 37.7 Å². The Bertz CT molecular complexity index is 633. The highest BCUT2D eigenvalue weighted by Gasteiger charge is 2.25. The summed E-state index contributed by atoms with van der Waals surface area (Å²) in [5, 5.41) is 10.3. The maximum absolute atomic E-state index is 12.5. The van der Waals surface area contributed by atoms with Gasteiger partial charge in [0, 0.05) is 11.3 Å². The molecule has 0 fully saturated rings. The third-order valence-corrected chi connectivity index (χ3v) is 4.25. The van der Waals surface area contributed by atoms with E-state index in [1.54, 1.807) is 0 Å². The molecule has 1 heterocycles. The Morgan fingerprint density at radius 3 is 2.90 bits per heavy atom. The standard InChI is InChI=1S/C17H21N3O/c1-11-8-9-15-14(10-11)16(20-19-15)17(21)18-12(2)13-6-4-3-5-7-13/h3-7,11-12H,8-10H2,1-2H3,(H,18,21)(H,19,20)/t11-,12-/m1/s1. The molecule has 2 aromatic rings. The van der Waals surface area contributed by atoms with Crippen LogP contribution in [-0.2, 0) is 12.8 Å². The first-order chi connectivity index (χ1) is 10.1. The number of rotatable bonds is 3. The monoisotopic (exact) mass is 283 g/mol. The van der Waals surface area contributed by atoms with Gasteiger partial charge in [0.05, 0.1) is 6.04 Å². The summed E-state index contributed by atoms with van der Waals surface area (Å²) in [7, 11) is 0. The molecule has 1 aliphatic carbocycles. The molecule has 0 saturated heterocycles. The number of aromatic nitrogens is 2.